The van der Waals surface area contributed by atoms with E-state index < -0.39 is 10.0 Å². The van der Waals surface area contributed by atoms with E-state index in [-0.39, 0.29) is 0 Å². The summed E-state index contributed by atoms with van der Waals surface area (Å²) >= 11 is 17.1. The Bertz CT molecular complexity index is 1160. The lowest BCUT2D eigenvalue weighted by atomic mass is 10.1. The number of anilines is 1. The number of sulfonamides is 1. The van der Waals surface area contributed by atoms with Gasteiger partial charge in [-0.3, -0.25) is 0 Å². The van der Waals surface area contributed by atoms with E-state index in [1.165, 1.54) is 4.31 Å². The van der Waals surface area contributed by atoms with Crippen LogP contribution in [0.1, 0.15) is 11.3 Å². The summed E-state index contributed by atoms with van der Waals surface area (Å²) in [7, 11) is -3.52. The summed E-state index contributed by atoms with van der Waals surface area (Å²) in [6.07, 6.45) is 0.628. The van der Waals surface area contributed by atoms with Crippen LogP contribution in [-0.2, 0) is 16.4 Å². The molecule has 5 nitrogen and oxygen atoms in total. The van der Waals surface area contributed by atoms with E-state index in [0.29, 0.717) is 52.0 Å². The third kappa shape index (κ3) is 4.69. The van der Waals surface area contributed by atoms with Crippen LogP contribution in [0, 0.1) is 0 Å². The van der Waals surface area contributed by atoms with Crippen molar-refractivity contribution in [3.05, 3.63) is 73.6 Å². The summed E-state index contributed by atoms with van der Waals surface area (Å²) in [5.41, 5.74) is 1.91. The van der Waals surface area contributed by atoms with Crippen LogP contribution in [0.4, 0.5) is 5.13 Å². The summed E-state index contributed by atoms with van der Waals surface area (Å²) < 4.78 is 28.0. The fourth-order valence-electron chi connectivity index (χ4n) is 3.30. The van der Waals surface area contributed by atoms with Crippen LogP contribution in [0.25, 0.3) is 0 Å². The number of aromatic nitrogens is 1. The van der Waals surface area contributed by atoms with Gasteiger partial charge in [-0.25, -0.2) is 13.4 Å². The first-order valence-electron chi connectivity index (χ1n) is 9.22. The molecule has 0 spiro atoms. The molecule has 0 radical (unpaired) electrons. The minimum Gasteiger partial charge on any atom is -0.345 e. The van der Waals surface area contributed by atoms with Crippen LogP contribution < -0.4 is 4.90 Å². The number of thiazole rings is 1. The Morgan fingerprint density at radius 3 is 2.50 bits per heavy atom. The van der Waals surface area contributed by atoms with Crippen molar-refractivity contribution in [1.82, 2.24) is 9.29 Å². The average molecular weight is 547 g/mol. The molecule has 2 heterocycles. The number of piperazine rings is 1. The van der Waals surface area contributed by atoms with Crippen molar-refractivity contribution < 1.29 is 8.42 Å². The maximum Gasteiger partial charge on any atom is 0.244 e. The van der Waals surface area contributed by atoms with Gasteiger partial charge in [-0.05, 0) is 45.8 Å². The second-order valence-electron chi connectivity index (χ2n) is 6.86. The van der Waals surface area contributed by atoms with Gasteiger partial charge in [0.15, 0.2) is 5.13 Å². The van der Waals surface area contributed by atoms with E-state index in [2.05, 4.69) is 20.8 Å². The largest absolute Gasteiger partial charge is 0.345 e. The molecule has 0 aliphatic carbocycles. The molecule has 158 valence electrons. The van der Waals surface area contributed by atoms with Crippen molar-refractivity contribution in [2.45, 2.75) is 11.3 Å². The van der Waals surface area contributed by atoms with Crippen molar-refractivity contribution in [2.24, 2.45) is 0 Å². The smallest absolute Gasteiger partial charge is 0.244 e. The van der Waals surface area contributed by atoms with Crippen LogP contribution >= 0.6 is 50.5 Å². The van der Waals surface area contributed by atoms with Gasteiger partial charge in [-0.15, -0.1) is 11.3 Å². The molecule has 30 heavy (non-hydrogen) atoms. The Balaban J connectivity index is 1.42. The fraction of sp³-hybridized carbons (Fsp3) is 0.250. The molecule has 1 aliphatic rings. The first-order chi connectivity index (χ1) is 14.3. The highest BCUT2D eigenvalue weighted by atomic mass is 79.9. The number of benzene rings is 2. The molecule has 4 rings (SSSR count). The number of hydrogen-bond acceptors (Lipinski definition) is 5. The normalized spacial score (nSPS) is 15.5. The summed E-state index contributed by atoms with van der Waals surface area (Å²) in [4.78, 5) is 7.16. The highest BCUT2D eigenvalue weighted by Gasteiger charge is 2.30. The van der Waals surface area contributed by atoms with Crippen LogP contribution in [-0.4, -0.2) is 43.9 Å². The maximum atomic E-state index is 13.0. The second kappa shape index (κ2) is 9.14. The lowest BCUT2D eigenvalue weighted by Crippen LogP contribution is -2.48. The van der Waals surface area contributed by atoms with Crippen molar-refractivity contribution in [1.29, 1.82) is 0 Å². The monoisotopic (exact) mass is 545 g/mol. The molecule has 0 atom stereocenters. The molecule has 1 saturated heterocycles. The van der Waals surface area contributed by atoms with Gasteiger partial charge in [-0.2, -0.15) is 4.31 Å². The molecular formula is C20H18BrCl2N3O2S2. The highest BCUT2D eigenvalue weighted by Crippen LogP contribution is 2.29. The van der Waals surface area contributed by atoms with Crippen molar-refractivity contribution >= 4 is 65.6 Å². The molecule has 3 aromatic rings. The van der Waals surface area contributed by atoms with Crippen LogP contribution in [0.5, 0.6) is 0 Å². The molecule has 1 fully saturated rings. The van der Waals surface area contributed by atoms with Gasteiger partial charge in [0, 0.05) is 52.5 Å². The predicted molar refractivity (Wildman–Crippen MR) is 126 cm³/mol. The van der Waals surface area contributed by atoms with Crippen LogP contribution in [0.2, 0.25) is 10.0 Å². The lowest BCUT2D eigenvalue weighted by molar-refractivity contribution is 0.384. The first kappa shape index (κ1) is 22.0. The molecule has 0 unspecified atom stereocenters. The van der Waals surface area contributed by atoms with Crippen LogP contribution in [0.3, 0.4) is 0 Å². The molecule has 0 amide bonds. The van der Waals surface area contributed by atoms with E-state index in [9.17, 15) is 8.42 Å². The fourth-order valence-corrected chi connectivity index (χ4v) is 7.04. The number of halogens is 3. The van der Waals surface area contributed by atoms with Crippen molar-refractivity contribution in [3.63, 3.8) is 0 Å². The minimum atomic E-state index is -3.52. The van der Waals surface area contributed by atoms with Crippen LogP contribution in [0.15, 0.2) is 57.2 Å². The summed E-state index contributed by atoms with van der Waals surface area (Å²) in [5, 5.41) is 4.15. The molecule has 0 N–H and O–H groups in total. The minimum absolute atomic E-state index is 0.301. The van der Waals surface area contributed by atoms with E-state index >= 15 is 0 Å². The maximum absolute atomic E-state index is 13.0. The Morgan fingerprint density at radius 1 is 1.07 bits per heavy atom. The standard InChI is InChI=1S/C20H18BrCl2N3O2S2/c21-17-3-1-2-4-19(17)30(27,28)26-9-7-25(8-10-26)20-24-16(13-29-20)11-14-5-6-15(22)12-18(14)23/h1-6,12-13H,7-11H2. The Labute approximate surface area is 198 Å². The highest BCUT2D eigenvalue weighted by molar-refractivity contribution is 9.10. The van der Waals surface area contributed by atoms with Gasteiger partial charge in [0.05, 0.1) is 10.6 Å². The van der Waals surface area contributed by atoms with Gasteiger partial charge < -0.3 is 4.90 Å². The summed E-state index contributed by atoms with van der Waals surface area (Å²) in [6.45, 7) is 2.03. The zero-order valence-corrected chi connectivity index (χ0v) is 20.5. The molecular weight excluding hydrogens is 529 g/mol. The van der Waals surface area contributed by atoms with Crippen molar-refractivity contribution in [2.75, 3.05) is 31.1 Å². The Kier molecular flexibility index (Phi) is 6.72. The Morgan fingerprint density at radius 2 is 1.80 bits per heavy atom. The third-order valence-corrected chi connectivity index (χ3v) is 9.34. The number of nitrogens with zero attached hydrogens (tertiary/aromatic N) is 3. The first-order valence-corrected chi connectivity index (χ1v) is 13.1. The van der Waals surface area contributed by atoms with E-state index in [4.69, 9.17) is 28.2 Å². The molecule has 0 bridgehead atoms. The zero-order valence-electron chi connectivity index (χ0n) is 15.8. The average Bonchev–Trinajstić information content (AvgIpc) is 3.19. The zero-order chi connectivity index (χ0) is 21.3. The second-order valence-corrected chi connectivity index (χ2v) is 11.3. The summed E-state index contributed by atoms with van der Waals surface area (Å²) in [5.74, 6) is 0. The SMILES string of the molecule is O=S(=O)(c1ccccc1Br)N1CCN(c2nc(Cc3ccc(Cl)cc3Cl)cs2)CC1. The molecule has 10 heteroatoms. The topological polar surface area (TPSA) is 53.5 Å². The molecule has 2 aromatic carbocycles. The van der Waals surface area contributed by atoms with E-state index in [1.807, 2.05) is 17.5 Å². The van der Waals surface area contributed by atoms with Gasteiger partial charge in [0.25, 0.3) is 0 Å². The third-order valence-electron chi connectivity index (χ3n) is 4.89. The van der Waals surface area contributed by atoms with Gasteiger partial charge in [0.1, 0.15) is 0 Å². The molecule has 1 aromatic heterocycles. The number of hydrogen-bond donors (Lipinski definition) is 0. The van der Waals surface area contributed by atoms with Gasteiger partial charge >= 0.3 is 0 Å². The van der Waals surface area contributed by atoms with Gasteiger partial charge in [-0.1, -0.05) is 41.4 Å². The quantitative estimate of drug-likeness (QED) is 0.435. The number of rotatable bonds is 5. The van der Waals surface area contributed by atoms with Gasteiger partial charge in [0.2, 0.25) is 10.0 Å². The predicted octanol–water partition coefficient (Wildman–Crippen LogP) is 5.31. The molecule has 1 aliphatic heterocycles. The van der Waals surface area contributed by atoms with E-state index in [0.717, 1.165) is 16.4 Å². The van der Waals surface area contributed by atoms with Crippen molar-refractivity contribution in [3.8, 4) is 0 Å². The van der Waals surface area contributed by atoms with E-state index in [1.54, 1.807) is 41.7 Å². The Hall–Kier alpha value is -1.16. The summed E-state index contributed by atoms with van der Waals surface area (Å²) in [6, 6.07) is 12.4. The molecule has 0 saturated carbocycles. The lowest BCUT2D eigenvalue weighted by Gasteiger charge is -2.34.